The Morgan fingerprint density at radius 1 is 0.957 bits per heavy atom. The van der Waals surface area contributed by atoms with E-state index >= 15 is 0 Å². The minimum Gasteiger partial charge on any atom is -0.497 e. The van der Waals surface area contributed by atoms with Crippen LogP contribution in [0.2, 0.25) is 0 Å². The van der Waals surface area contributed by atoms with Gasteiger partial charge in [0.2, 0.25) is 10.0 Å². The summed E-state index contributed by atoms with van der Waals surface area (Å²) >= 11 is 0. The highest BCUT2D eigenvalue weighted by Gasteiger charge is 2.68. The summed E-state index contributed by atoms with van der Waals surface area (Å²) in [4.78, 5) is 13.5. The summed E-state index contributed by atoms with van der Waals surface area (Å²) in [5.74, 6) is 0.0999. The maximum atomic E-state index is 14.3. The third kappa shape index (κ3) is 4.64. The highest BCUT2D eigenvalue weighted by molar-refractivity contribution is 7.91. The summed E-state index contributed by atoms with van der Waals surface area (Å²) in [7, 11) is -6.05. The van der Waals surface area contributed by atoms with Crippen molar-refractivity contribution >= 4 is 37.0 Å². The molecular formula is C33H42N4O7S2. The summed E-state index contributed by atoms with van der Waals surface area (Å²) in [6.45, 7) is 2.25. The van der Waals surface area contributed by atoms with Crippen molar-refractivity contribution in [3.05, 3.63) is 53.1 Å². The van der Waals surface area contributed by atoms with Crippen molar-refractivity contribution in [2.75, 3.05) is 46.5 Å². The largest absolute Gasteiger partial charge is 0.497 e. The predicted molar refractivity (Wildman–Crippen MR) is 176 cm³/mol. The fraction of sp³-hybridized carbons (Fsp3) is 0.545. The van der Waals surface area contributed by atoms with E-state index in [0.29, 0.717) is 31.2 Å². The molecule has 1 aromatic heterocycles. The van der Waals surface area contributed by atoms with Crippen LogP contribution in [0.4, 0.5) is 0 Å². The Bertz CT molecular complexity index is 1950. The molecule has 248 valence electrons. The van der Waals surface area contributed by atoms with Gasteiger partial charge in [0.1, 0.15) is 10.5 Å². The molecule has 4 heterocycles. The average molecular weight is 671 g/mol. The monoisotopic (exact) mass is 670 g/mol. The SMILES string of the molecule is COc1ccc2c(c1)C1CC1(S(=O)(=O)N1CCC1)Cn1c-2c(C2CCCCC2)c2ccc(C(=O)NS(=O)(=O)N3CCOCC3)cc21.[HH]. The van der Waals surface area contributed by atoms with Crippen LogP contribution in [0.5, 0.6) is 5.75 Å². The van der Waals surface area contributed by atoms with Gasteiger partial charge in [0, 0.05) is 62.1 Å². The number of carbonyl (C=O) groups is 1. The fourth-order valence-corrected chi connectivity index (χ4v) is 11.8. The molecule has 5 aliphatic rings. The number of morpholine rings is 1. The van der Waals surface area contributed by atoms with Gasteiger partial charge in [0.15, 0.2) is 0 Å². The Labute approximate surface area is 271 Å². The highest BCUT2D eigenvalue weighted by atomic mass is 32.2. The van der Waals surface area contributed by atoms with E-state index in [1.807, 2.05) is 18.2 Å². The smallest absolute Gasteiger partial charge is 0.304 e. The van der Waals surface area contributed by atoms with Gasteiger partial charge < -0.3 is 14.0 Å². The van der Waals surface area contributed by atoms with Crippen LogP contribution in [0.3, 0.4) is 0 Å². The first kappa shape index (κ1) is 30.4. The lowest BCUT2D eigenvalue weighted by atomic mass is 9.81. The Hall–Kier alpha value is -2.97. The van der Waals surface area contributed by atoms with E-state index in [1.165, 1.54) is 16.3 Å². The van der Waals surface area contributed by atoms with Gasteiger partial charge in [-0.05, 0) is 73.1 Å². The number of benzene rings is 2. The second kappa shape index (κ2) is 11.0. The topological polar surface area (TPSA) is 127 Å². The van der Waals surface area contributed by atoms with E-state index < -0.39 is 30.9 Å². The lowest BCUT2D eigenvalue weighted by Crippen LogP contribution is -2.49. The first-order valence-electron chi connectivity index (χ1n) is 16.4. The van der Waals surface area contributed by atoms with Crippen LogP contribution in [0.25, 0.3) is 22.2 Å². The second-order valence-corrected chi connectivity index (χ2v) is 17.3. The number of fused-ring (bicyclic) bond motifs is 7. The number of rotatable bonds is 7. The molecule has 11 nitrogen and oxygen atoms in total. The van der Waals surface area contributed by atoms with Gasteiger partial charge in [0.25, 0.3) is 5.91 Å². The maximum absolute atomic E-state index is 14.3. The fourth-order valence-electron chi connectivity index (χ4n) is 8.25. The van der Waals surface area contributed by atoms with Gasteiger partial charge >= 0.3 is 10.2 Å². The predicted octanol–water partition coefficient (Wildman–Crippen LogP) is 4.19. The Kier molecular flexibility index (Phi) is 7.29. The molecule has 0 bridgehead atoms. The Morgan fingerprint density at radius 3 is 2.41 bits per heavy atom. The van der Waals surface area contributed by atoms with Crippen LogP contribution >= 0.6 is 0 Å². The second-order valence-electron chi connectivity index (χ2n) is 13.4. The number of amides is 1. The number of aromatic nitrogens is 1. The zero-order chi connectivity index (χ0) is 31.8. The van der Waals surface area contributed by atoms with Crippen LogP contribution in [-0.2, 0) is 31.5 Å². The van der Waals surface area contributed by atoms with Crippen molar-refractivity contribution in [2.24, 2.45) is 0 Å². The molecule has 13 heteroatoms. The zero-order valence-corrected chi connectivity index (χ0v) is 27.7. The molecular weight excluding hydrogens is 629 g/mol. The minimum absolute atomic E-state index is 0. The third-order valence-corrected chi connectivity index (χ3v) is 15.1. The van der Waals surface area contributed by atoms with Crippen molar-refractivity contribution < 1.29 is 32.5 Å². The van der Waals surface area contributed by atoms with Crippen molar-refractivity contribution in [3.8, 4) is 17.0 Å². The van der Waals surface area contributed by atoms with Gasteiger partial charge in [-0.15, -0.1) is 0 Å². The van der Waals surface area contributed by atoms with E-state index in [4.69, 9.17) is 9.47 Å². The third-order valence-electron chi connectivity index (χ3n) is 10.9. The Balaban J connectivity index is 0.00000351. The molecule has 2 saturated heterocycles. The van der Waals surface area contributed by atoms with Crippen LogP contribution in [-0.4, -0.2) is 87.2 Å². The normalized spacial score (nSPS) is 25.5. The molecule has 0 spiro atoms. The molecule has 2 aliphatic carbocycles. The van der Waals surface area contributed by atoms with Gasteiger partial charge in [-0.2, -0.15) is 12.7 Å². The molecule has 0 radical (unpaired) electrons. The molecule has 3 aliphatic heterocycles. The molecule has 4 fully saturated rings. The molecule has 2 aromatic carbocycles. The number of nitrogens with zero attached hydrogens (tertiary/aromatic N) is 3. The highest BCUT2D eigenvalue weighted by Crippen LogP contribution is 2.64. The number of nitrogens with one attached hydrogen (secondary N) is 1. The summed E-state index contributed by atoms with van der Waals surface area (Å²) in [5.41, 5.74) is 5.21. The molecule has 2 saturated carbocycles. The zero-order valence-electron chi connectivity index (χ0n) is 26.0. The number of hydrogen-bond donors (Lipinski definition) is 1. The molecule has 3 aromatic rings. The molecule has 1 N–H and O–H groups in total. The standard InChI is InChI=1S/C33H40N4O7S2.H2/c1-43-24-9-11-25-27(19-24)28-20-33(28,45(39,40)35-12-5-13-35)21-37-29-18-23(32(38)34-46(41,42)36-14-16-44-17-15-36)8-10-26(29)30(31(25)37)22-6-3-2-4-7-22;/h8-11,18-19,22,28H,2-7,12-17,20-21H2,1H3,(H,34,38);1H. The van der Waals surface area contributed by atoms with Crippen LogP contribution in [0.15, 0.2) is 36.4 Å². The molecule has 2 atom stereocenters. The van der Waals surface area contributed by atoms with E-state index in [9.17, 15) is 21.6 Å². The maximum Gasteiger partial charge on any atom is 0.304 e. The Morgan fingerprint density at radius 2 is 1.72 bits per heavy atom. The number of ether oxygens (including phenoxy) is 2. The first-order valence-corrected chi connectivity index (χ1v) is 19.3. The number of carbonyl (C=O) groups excluding carboxylic acids is 1. The molecule has 8 rings (SSSR count). The van der Waals surface area contributed by atoms with Crippen molar-refractivity contribution in [1.82, 2.24) is 17.9 Å². The van der Waals surface area contributed by atoms with Crippen LogP contribution < -0.4 is 9.46 Å². The minimum atomic E-state index is -4.05. The average Bonchev–Trinajstić information content (AvgIpc) is 3.71. The summed E-state index contributed by atoms with van der Waals surface area (Å²) in [5, 5.41) is 0.992. The van der Waals surface area contributed by atoms with Crippen LogP contribution in [0, 0.1) is 0 Å². The first-order chi connectivity index (χ1) is 22.1. The molecule has 2 unspecified atom stereocenters. The number of methoxy groups -OCH3 is 1. The van der Waals surface area contributed by atoms with Gasteiger partial charge in [-0.3, -0.25) is 4.79 Å². The summed E-state index contributed by atoms with van der Waals surface area (Å²) in [6, 6.07) is 11.4. The van der Waals surface area contributed by atoms with E-state index in [2.05, 4.69) is 15.4 Å². The quantitative estimate of drug-likeness (QED) is 0.400. The van der Waals surface area contributed by atoms with Crippen molar-refractivity contribution in [1.29, 1.82) is 0 Å². The molecule has 1 amide bonds. The van der Waals surface area contributed by atoms with E-state index in [0.717, 1.165) is 59.8 Å². The van der Waals surface area contributed by atoms with Crippen molar-refractivity contribution in [3.63, 3.8) is 0 Å². The van der Waals surface area contributed by atoms with Gasteiger partial charge in [-0.1, -0.05) is 25.3 Å². The summed E-state index contributed by atoms with van der Waals surface area (Å²) < 4.78 is 71.9. The number of hydrogen-bond acceptors (Lipinski definition) is 7. The lowest BCUT2D eigenvalue weighted by Gasteiger charge is -2.34. The van der Waals surface area contributed by atoms with Crippen molar-refractivity contribution in [2.45, 2.75) is 68.1 Å². The summed E-state index contributed by atoms with van der Waals surface area (Å²) in [6.07, 6.45) is 6.90. The lowest BCUT2D eigenvalue weighted by molar-refractivity contribution is 0.0719. The number of sulfonamides is 1. The van der Waals surface area contributed by atoms with Gasteiger partial charge in [0.05, 0.1) is 26.0 Å². The molecule has 46 heavy (non-hydrogen) atoms. The van der Waals surface area contributed by atoms with Gasteiger partial charge in [-0.25, -0.2) is 17.4 Å². The van der Waals surface area contributed by atoms with Crippen LogP contribution in [0.1, 0.15) is 79.7 Å². The van der Waals surface area contributed by atoms with E-state index in [1.54, 1.807) is 23.5 Å². The van der Waals surface area contributed by atoms with E-state index in [-0.39, 0.29) is 45.8 Å².